The molecule has 0 radical (unpaired) electrons. The fourth-order valence-corrected chi connectivity index (χ4v) is 4.67. The topological polar surface area (TPSA) is 90.5 Å². The van der Waals surface area contributed by atoms with E-state index < -0.39 is 52.1 Å². The van der Waals surface area contributed by atoms with Crippen LogP contribution in [0, 0.1) is 11.6 Å². The van der Waals surface area contributed by atoms with E-state index in [-0.39, 0.29) is 25.1 Å². The minimum Gasteiger partial charge on any atom is -0.357 e. The van der Waals surface area contributed by atoms with Crippen molar-refractivity contribution in [2.75, 3.05) is 6.26 Å². The maximum atomic E-state index is 14.2. The van der Waals surface area contributed by atoms with Crippen LogP contribution >= 0.6 is 0 Å². The maximum absolute atomic E-state index is 14.2. The second kappa shape index (κ2) is 7.50. The highest BCUT2D eigenvalue weighted by Gasteiger charge is 2.54. The third-order valence-electron chi connectivity index (χ3n) is 5.52. The van der Waals surface area contributed by atoms with Crippen LogP contribution in [0.3, 0.4) is 0 Å². The molecule has 2 aromatic rings. The summed E-state index contributed by atoms with van der Waals surface area (Å²) in [5.41, 5.74) is 6.51. The van der Waals surface area contributed by atoms with E-state index in [2.05, 4.69) is 5.10 Å². The smallest absolute Gasteiger partial charge is 0.357 e. The van der Waals surface area contributed by atoms with Crippen molar-refractivity contribution in [2.45, 2.75) is 50.0 Å². The SMILES string of the molecule is CS(=O)(=O)n1cc2c(n1)CN([C@@H]1C[C@H](N)C(c3cc(F)ccc3F)O[C@@H]1C(F)(F)F)C2. The Bertz CT molecular complexity index is 1080. The van der Waals surface area contributed by atoms with Gasteiger partial charge in [-0.25, -0.2) is 17.2 Å². The van der Waals surface area contributed by atoms with Gasteiger partial charge in [0.1, 0.15) is 17.7 Å². The van der Waals surface area contributed by atoms with Gasteiger partial charge in [0, 0.05) is 42.5 Å². The summed E-state index contributed by atoms with van der Waals surface area (Å²) >= 11 is 0. The average molecular weight is 466 g/mol. The van der Waals surface area contributed by atoms with Gasteiger partial charge in [-0.2, -0.15) is 22.4 Å². The van der Waals surface area contributed by atoms with Crippen molar-refractivity contribution in [1.29, 1.82) is 0 Å². The Morgan fingerprint density at radius 3 is 2.55 bits per heavy atom. The Morgan fingerprint density at radius 1 is 1.23 bits per heavy atom. The van der Waals surface area contributed by atoms with E-state index in [1.165, 1.54) is 11.1 Å². The van der Waals surface area contributed by atoms with Gasteiger partial charge in [-0.15, -0.1) is 0 Å². The number of ether oxygens (including phenoxy) is 1. The third kappa shape index (κ3) is 4.19. The van der Waals surface area contributed by atoms with Crippen LogP contribution in [0.25, 0.3) is 0 Å². The van der Waals surface area contributed by atoms with E-state index in [4.69, 9.17) is 10.5 Å². The number of aromatic nitrogens is 2. The summed E-state index contributed by atoms with van der Waals surface area (Å²) in [6.07, 6.45) is -6.53. The molecule has 7 nitrogen and oxygen atoms in total. The van der Waals surface area contributed by atoms with Gasteiger partial charge >= 0.3 is 6.18 Å². The van der Waals surface area contributed by atoms with Crippen molar-refractivity contribution in [2.24, 2.45) is 5.73 Å². The van der Waals surface area contributed by atoms with Crippen molar-refractivity contribution in [3.8, 4) is 0 Å². The van der Waals surface area contributed by atoms with Gasteiger partial charge in [0.05, 0.1) is 11.9 Å². The molecule has 2 aliphatic heterocycles. The van der Waals surface area contributed by atoms with Crippen LogP contribution in [-0.4, -0.2) is 53.1 Å². The summed E-state index contributed by atoms with van der Waals surface area (Å²) in [5, 5.41) is 3.94. The minimum absolute atomic E-state index is 0.0236. The minimum atomic E-state index is -4.79. The molecule has 2 N–H and O–H groups in total. The molecular weight excluding hydrogens is 447 g/mol. The summed E-state index contributed by atoms with van der Waals surface area (Å²) in [7, 11) is -3.62. The standard InChI is InChI=1S/C18H19F5N4O3S/c1-31(28,29)27-7-9-6-26(8-14(9)25-27)15-5-13(24)16(30-17(15)18(21,22)23)11-4-10(19)2-3-12(11)20/h2-4,7,13,15-17H,5-6,8,24H2,1H3/t13-,15+,16?,17-/m0/s1. The molecule has 0 bridgehead atoms. The average Bonchev–Trinajstić information content (AvgIpc) is 3.21. The molecule has 0 aliphatic carbocycles. The second-order valence-corrected chi connectivity index (χ2v) is 9.63. The van der Waals surface area contributed by atoms with Gasteiger partial charge in [0.25, 0.3) is 10.0 Å². The number of nitrogens with zero attached hydrogens (tertiary/aromatic N) is 3. The first-order valence-corrected chi connectivity index (χ1v) is 11.1. The van der Waals surface area contributed by atoms with Gasteiger partial charge in [-0.05, 0) is 24.6 Å². The molecule has 4 rings (SSSR count). The number of nitrogens with two attached hydrogens (primary N) is 1. The zero-order chi connectivity index (χ0) is 22.7. The summed E-state index contributed by atoms with van der Waals surface area (Å²) < 4.78 is 98.6. The molecule has 1 saturated heterocycles. The first-order chi connectivity index (χ1) is 14.3. The summed E-state index contributed by atoms with van der Waals surface area (Å²) in [6.45, 7) is 0.00134. The van der Waals surface area contributed by atoms with Crippen LogP contribution in [0.4, 0.5) is 22.0 Å². The molecule has 13 heteroatoms. The number of hydrogen-bond donors (Lipinski definition) is 1. The van der Waals surface area contributed by atoms with Crippen LogP contribution in [0.15, 0.2) is 24.4 Å². The van der Waals surface area contributed by atoms with Crippen LogP contribution in [0.5, 0.6) is 0 Å². The van der Waals surface area contributed by atoms with Gasteiger partial charge in [0.15, 0.2) is 6.10 Å². The number of fused-ring (bicyclic) bond motifs is 1. The predicted octanol–water partition coefficient (Wildman–Crippen LogP) is 2.07. The Hall–Kier alpha value is -2.09. The Labute approximate surface area is 174 Å². The van der Waals surface area contributed by atoms with E-state index in [0.717, 1.165) is 28.5 Å². The maximum Gasteiger partial charge on any atom is 0.416 e. The lowest BCUT2D eigenvalue weighted by molar-refractivity contribution is -0.269. The van der Waals surface area contributed by atoms with Crippen molar-refractivity contribution in [1.82, 2.24) is 14.1 Å². The third-order valence-corrected chi connectivity index (χ3v) is 6.39. The zero-order valence-electron chi connectivity index (χ0n) is 16.2. The fourth-order valence-electron chi connectivity index (χ4n) is 4.10. The first kappa shape index (κ1) is 22.1. The largest absolute Gasteiger partial charge is 0.416 e. The quantitative estimate of drug-likeness (QED) is 0.697. The lowest BCUT2D eigenvalue weighted by Crippen LogP contribution is -2.58. The number of hydrogen-bond acceptors (Lipinski definition) is 6. The Balaban J connectivity index is 1.60. The van der Waals surface area contributed by atoms with Crippen LogP contribution < -0.4 is 5.73 Å². The van der Waals surface area contributed by atoms with Gasteiger partial charge < -0.3 is 10.5 Å². The lowest BCUT2D eigenvalue weighted by Gasteiger charge is -2.44. The molecule has 1 unspecified atom stereocenters. The molecule has 31 heavy (non-hydrogen) atoms. The summed E-state index contributed by atoms with van der Waals surface area (Å²) in [6, 6.07) is 0.226. The molecular formula is C18H19F5N4O3S. The molecule has 0 saturated carbocycles. The number of benzene rings is 1. The highest BCUT2D eigenvalue weighted by molar-refractivity contribution is 7.89. The summed E-state index contributed by atoms with van der Waals surface area (Å²) in [5.74, 6) is -1.72. The molecule has 1 fully saturated rings. The van der Waals surface area contributed by atoms with E-state index in [0.29, 0.717) is 11.3 Å². The number of alkyl halides is 3. The molecule has 1 aromatic carbocycles. The Kier molecular flexibility index (Phi) is 5.35. The molecule has 0 amide bonds. The predicted molar refractivity (Wildman–Crippen MR) is 98.1 cm³/mol. The van der Waals surface area contributed by atoms with Crippen molar-refractivity contribution in [3.63, 3.8) is 0 Å². The molecule has 3 heterocycles. The van der Waals surface area contributed by atoms with Gasteiger partial charge in [-0.3, -0.25) is 4.90 Å². The van der Waals surface area contributed by atoms with Crippen molar-refractivity contribution >= 4 is 10.0 Å². The molecule has 4 atom stereocenters. The fraction of sp³-hybridized carbons (Fsp3) is 0.500. The van der Waals surface area contributed by atoms with Gasteiger partial charge in [-0.1, -0.05) is 0 Å². The normalized spacial score (nSPS) is 27.5. The van der Waals surface area contributed by atoms with Crippen molar-refractivity contribution < 1.29 is 35.1 Å². The highest BCUT2D eigenvalue weighted by atomic mass is 32.2. The second-order valence-electron chi connectivity index (χ2n) is 7.79. The van der Waals surface area contributed by atoms with E-state index >= 15 is 0 Å². The van der Waals surface area contributed by atoms with Gasteiger partial charge in [0.2, 0.25) is 0 Å². The number of rotatable bonds is 3. The monoisotopic (exact) mass is 466 g/mol. The lowest BCUT2D eigenvalue weighted by atomic mass is 9.89. The van der Waals surface area contributed by atoms with Crippen LogP contribution in [0.2, 0.25) is 0 Å². The van der Waals surface area contributed by atoms with Crippen molar-refractivity contribution in [3.05, 3.63) is 52.9 Å². The zero-order valence-corrected chi connectivity index (χ0v) is 17.0. The highest BCUT2D eigenvalue weighted by Crippen LogP contribution is 2.42. The van der Waals surface area contributed by atoms with Crippen LogP contribution in [0.1, 0.15) is 29.3 Å². The summed E-state index contributed by atoms with van der Waals surface area (Å²) in [4.78, 5) is 1.46. The molecule has 0 spiro atoms. The van der Waals surface area contributed by atoms with Crippen LogP contribution in [-0.2, 0) is 27.8 Å². The first-order valence-electron chi connectivity index (χ1n) is 9.29. The number of halogens is 5. The van der Waals surface area contributed by atoms with E-state index in [1.807, 2.05) is 0 Å². The molecule has 1 aromatic heterocycles. The molecule has 170 valence electrons. The van der Waals surface area contributed by atoms with E-state index in [1.54, 1.807) is 0 Å². The molecule has 2 aliphatic rings. The Morgan fingerprint density at radius 2 is 1.94 bits per heavy atom. The van der Waals surface area contributed by atoms with E-state index in [9.17, 15) is 30.4 Å².